The molecule has 0 saturated heterocycles. The van der Waals surface area contributed by atoms with Crippen molar-refractivity contribution >= 4 is 11.8 Å². The lowest BCUT2D eigenvalue weighted by Gasteiger charge is -2.30. The number of carbonyl (C=O) groups excluding carboxylic acids is 1. The first kappa shape index (κ1) is 13.5. The SMILES string of the molecule is CCC(C)(CC)n1cc(C(C)=O)cc1C(=O)O. The fourth-order valence-corrected chi connectivity index (χ4v) is 1.86. The molecule has 0 aliphatic heterocycles. The number of aromatic carboxylic acids is 1. The maximum atomic E-state index is 11.3. The van der Waals surface area contributed by atoms with Crippen molar-refractivity contribution in [2.45, 2.75) is 46.1 Å². The smallest absolute Gasteiger partial charge is 0.352 e. The minimum absolute atomic E-state index is 0.110. The molecule has 0 spiro atoms. The van der Waals surface area contributed by atoms with Gasteiger partial charge in [-0.15, -0.1) is 0 Å². The molecule has 0 aliphatic rings. The molecule has 0 fully saturated rings. The average molecular weight is 237 g/mol. The first-order valence-electron chi connectivity index (χ1n) is 5.82. The molecule has 4 nitrogen and oxygen atoms in total. The van der Waals surface area contributed by atoms with Crippen LogP contribution in [0.2, 0.25) is 0 Å². The normalized spacial score (nSPS) is 11.5. The topological polar surface area (TPSA) is 59.3 Å². The van der Waals surface area contributed by atoms with Crippen LogP contribution in [0.15, 0.2) is 12.3 Å². The molecule has 1 N–H and O–H groups in total. The van der Waals surface area contributed by atoms with Crippen LogP contribution in [0.25, 0.3) is 0 Å². The number of nitrogens with zero attached hydrogens (tertiary/aromatic N) is 1. The molecule has 0 aliphatic carbocycles. The zero-order chi connectivity index (χ0) is 13.2. The second-order valence-electron chi connectivity index (χ2n) is 4.55. The van der Waals surface area contributed by atoms with Crippen LogP contribution >= 0.6 is 0 Å². The molecule has 1 heterocycles. The van der Waals surface area contributed by atoms with Gasteiger partial charge in [0.2, 0.25) is 0 Å². The van der Waals surface area contributed by atoms with Crippen molar-refractivity contribution in [3.05, 3.63) is 23.5 Å². The molecule has 0 amide bonds. The van der Waals surface area contributed by atoms with Crippen molar-refractivity contribution in [1.82, 2.24) is 4.57 Å². The van der Waals surface area contributed by atoms with Gasteiger partial charge in [0.1, 0.15) is 5.69 Å². The lowest BCUT2D eigenvalue weighted by molar-refractivity contribution is 0.0674. The summed E-state index contributed by atoms with van der Waals surface area (Å²) in [6.45, 7) is 7.48. The van der Waals surface area contributed by atoms with Crippen molar-refractivity contribution < 1.29 is 14.7 Å². The number of carboxylic acids is 1. The summed E-state index contributed by atoms with van der Waals surface area (Å²) in [7, 11) is 0. The van der Waals surface area contributed by atoms with Gasteiger partial charge in [0, 0.05) is 17.3 Å². The van der Waals surface area contributed by atoms with E-state index in [1.54, 1.807) is 10.8 Å². The van der Waals surface area contributed by atoms with Crippen LogP contribution in [0.4, 0.5) is 0 Å². The Morgan fingerprint density at radius 3 is 2.24 bits per heavy atom. The highest BCUT2D eigenvalue weighted by molar-refractivity contribution is 5.97. The van der Waals surface area contributed by atoms with Gasteiger partial charge in [0.15, 0.2) is 5.78 Å². The lowest BCUT2D eigenvalue weighted by atomic mass is 9.95. The van der Waals surface area contributed by atoms with Crippen molar-refractivity contribution in [2.75, 3.05) is 0 Å². The first-order valence-corrected chi connectivity index (χ1v) is 5.82. The van der Waals surface area contributed by atoms with Gasteiger partial charge in [0.25, 0.3) is 0 Å². The van der Waals surface area contributed by atoms with E-state index in [2.05, 4.69) is 0 Å². The molecule has 0 atom stereocenters. The third-order valence-corrected chi connectivity index (χ3v) is 3.55. The standard InChI is InChI=1S/C13H19NO3/c1-5-13(4,6-2)14-8-10(9(3)15)7-11(14)12(16)17/h7-8H,5-6H2,1-4H3,(H,16,17). The molecule has 1 rings (SSSR count). The molecule has 0 bridgehead atoms. The van der Waals surface area contributed by atoms with Gasteiger partial charge in [-0.05, 0) is 32.8 Å². The molecule has 1 aromatic rings. The van der Waals surface area contributed by atoms with E-state index < -0.39 is 5.97 Å². The Labute approximate surface area is 101 Å². The van der Waals surface area contributed by atoms with E-state index in [4.69, 9.17) is 0 Å². The zero-order valence-electron chi connectivity index (χ0n) is 10.8. The van der Waals surface area contributed by atoms with E-state index in [0.29, 0.717) is 5.56 Å². The molecule has 94 valence electrons. The summed E-state index contributed by atoms with van der Waals surface area (Å²) in [5.41, 5.74) is 0.374. The predicted molar refractivity (Wildman–Crippen MR) is 65.6 cm³/mol. The minimum atomic E-state index is -0.995. The molecule has 0 radical (unpaired) electrons. The van der Waals surface area contributed by atoms with E-state index in [-0.39, 0.29) is 17.0 Å². The Kier molecular flexibility index (Phi) is 3.76. The summed E-state index contributed by atoms with van der Waals surface area (Å²) in [5.74, 6) is -1.11. The lowest BCUT2D eigenvalue weighted by Crippen LogP contribution is -2.30. The molecule has 17 heavy (non-hydrogen) atoms. The maximum absolute atomic E-state index is 11.3. The number of hydrogen-bond donors (Lipinski definition) is 1. The average Bonchev–Trinajstić information content (AvgIpc) is 2.73. The van der Waals surface area contributed by atoms with Crippen LogP contribution in [-0.2, 0) is 5.54 Å². The Morgan fingerprint density at radius 1 is 1.35 bits per heavy atom. The zero-order valence-corrected chi connectivity index (χ0v) is 10.8. The second kappa shape index (κ2) is 4.73. The number of carbonyl (C=O) groups is 2. The number of ketones is 1. The van der Waals surface area contributed by atoms with Crippen molar-refractivity contribution in [3.8, 4) is 0 Å². The Hall–Kier alpha value is -1.58. The molecule has 0 aromatic carbocycles. The third-order valence-electron chi connectivity index (χ3n) is 3.55. The highest BCUT2D eigenvalue weighted by Gasteiger charge is 2.27. The summed E-state index contributed by atoms with van der Waals surface area (Å²) in [6.07, 6.45) is 3.28. The monoisotopic (exact) mass is 237 g/mol. The van der Waals surface area contributed by atoms with E-state index in [1.807, 2.05) is 20.8 Å². The fourth-order valence-electron chi connectivity index (χ4n) is 1.86. The molecular weight excluding hydrogens is 218 g/mol. The van der Waals surface area contributed by atoms with Gasteiger partial charge in [0.05, 0.1) is 0 Å². The molecule has 1 aromatic heterocycles. The van der Waals surface area contributed by atoms with E-state index in [1.165, 1.54) is 13.0 Å². The number of aromatic nitrogens is 1. The highest BCUT2D eigenvalue weighted by atomic mass is 16.4. The summed E-state index contributed by atoms with van der Waals surface area (Å²) in [6, 6.07) is 1.45. The number of carboxylic acid groups (broad SMARTS) is 1. The van der Waals surface area contributed by atoms with E-state index >= 15 is 0 Å². The number of hydrogen-bond acceptors (Lipinski definition) is 2. The maximum Gasteiger partial charge on any atom is 0.352 e. The van der Waals surface area contributed by atoms with Crippen molar-refractivity contribution in [1.29, 1.82) is 0 Å². The van der Waals surface area contributed by atoms with Gasteiger partial charge in [-0.3, -0.25) is 4.79 Å². The predicted octanol–water partition coefficient (Wildman–Crippen LogP) is 2.92. The van der Waals surface area contributed by atoms with Crippen molar-refractivity contribution in [2.24, 2.45) is 0 Å². The minimum Gasteiger partial charge on any atom is -0.477 e. The Balaban J connectivity index is 3.40. The summed E-state index contributed by atoms with van der Waals surface area (Å²) >= 11 is 0. The quantitative estimate of drug-likeness (QED) is 0.801. The fraction of sp³-hybridized carbons (Fsp3) is 0.538. The van der Waals surface area contributed by atoms with Crippen LogP contribution in [0.1, 0.15) is 61.4 Å². The van der Waals surface area contributed by atoms with Crippen LogP contribution in [0.5, 0.6) is 0 Å². The Morgan fingerprint density at radius 2 is 1.88 bits per heavy atom. The molecule has 0 saturated carbocycles. The number of Topliss-reactive ketones (excluding diaryl/α,β-unsaturated/α-hetero) is 1. The van der Waals surface area contributed by atoms with Crippen molar-refractivity contribution in [3.63, 3.8) is 0 Å². The van der Waals surface area contributed by atoms with Gasteiger partial charge in [-0.2, -0.15) is 0 Å². The van der Waals surface area contributed by atoms with Crippen LogP contribution in [0.3, 0.4) is 0 Å². The second-order valence-corrected chi connectivity index (χ2v) is 4.55. The van der Waals surface area contributed by atoms with Gasteiger partial charge >= 0.3 is 5.97 Å². The summed E-state index contributed by atoms with van der Waals surface area (Å²) < 4.78 is 1.71. The van der Waals surface area contributed by atoms with Gasteiger partial charge in [-0.25, -0.2) is 4.79 Å². The third kappa shape index (κ3) is 2.40. The first-order chi connectivity index (χ1) is 7.85. The largest absolute Gasteiger partial charge is 0.477 e. The van der Waals surface area contributed by atoms with Gasteiger partial charge in [-0.1, -0.05) is 13.8 Å². The van der Waals surface area contributed by atoms with Gasteiger partial charge < -0.3 is 9.67 Å². The molecule has 4 heteroatoms. The van der Waals surface area contributed by atoms with Crippen LogP contribution in [0, 0.1) is 0 Å². The van der Waals surface area contributed by atoms with Crippen LogP contribution in [-0.4, -0.2) is 21.4 Å². The Bertz CT molecular complexity index is 442. The highest BCUT2D eigenvalue weighted by Crippen LogP contribution is 2.28. The number of rotatable bonds is 5. The van der Waals surface area contributed by atoms with E-state index in [9.17, 15) is 14.7 Å². The van der Waals surface area contributed by atoms with E-state index in [0.717, 1.165) is 12.8 Å². The summed E-state index contributed by atoms with van der Waals surface area (Å²) in [5, 5.41) is 9.18. The molecule has 0 unspecified atom stereocenters. The summed E-state index contributed by atoms with van der Waals surface area (Å²) in [4.78, 5) is 22.5. The molecular formula is C13H19NO3. The van der Waals surface area contributed by atoms with Crippen LogP contribution < -0.4 is 0 Å².